The number of aromatic nitrogens is 4. The van der Waals surface area contributed by atoms with Gasteiger partial charge in [0.2, 0.25) is 5.91 Å². The van der Waals surface area contributed by atoms with E-state index < -0.39 is 0 Å². The van der Waals surface area contributed by atoms with Gasteiger partial charge >= 0.3 is 0 Å². The predicted molar refractivity (Wildman–Crippen MR) is 101 cm³/mol. The van der Waals surface area contributed by atoms with Gasteiger partial charge in [-0.1, -0.05) is 17.4 Å². The van der Waals surface area contributed by atoms with Crippen molar-refractivity contribution in [3.63, 3.8) is 0 Å². The lowest BCUT2D eigenvalue weighted by molar-refractivity contribution is -0.116. The number of methoxy groups -OCH3 is 1. The highest BCUT2D eigenvalue weighted by atomic mass is 32.1. The van der Waals surface area contributed by atoms with E-state index in [1.807, 2.05) is 47.0 Å². The molecule has 7 nitrogen and oxygen atoms in total. The zero-order chi connectivity index (χ0) is 17.9. The summed E-state index contributed by atoms with van der Waals surface area (Å²) >= 11 is 1.44. The first-order valence-electron chi connectivity index (χ1n) is 8.26. The van der Waals surface area contributed by atoms with Crippen LogP contribution in [0, 0.1) is 0 Å². The zero-order valence-electron chi connectivity index (χ0n) is 14.2. The fourth-order valence-electron chi connectivity index (χ4n) is 2.74. The predicted octanol–water partition coefficient (Wildman–Crippen LogP) is 3.31. The fraction of sp³-hybridized carbons (Fsp3) is 0.222. The second kappa shape index (κ2) is 7.09. The molecule has 0 radical (unpaired) electrons. The van der Waals surface area contributed by atoms with E-state index in [1.54, 1.807) is 7.11 Å². The van der Waals surface area contributed by atoms with E-state index >= 15 is 0 Å². The molecule has 4 rings (SSSR count). The van der Waals surface area contributed by atoms with Crippen molar-refractivity contribution in [1.82, 2.24) is 19.6 Å². The van der Waals surface area contributed by atoms with Crippen molar-refractivity contribution in [2.24, 2.45) is 0 Å². The molecule has 0 saturated heterocycles. The van der Waals surface area contributed by atoms with Crippen LogP contribution >= 0.6 is 11.3 Å². The van der Waals surface area contributed by atoms with Gasteiger partial charge in [-0.2, -0.15) is 0 Å². The van der Waals surface area contributed by atoms with E-state index in [0.29, 0.717) is 24.4 Å². The first-order chi connectivity index (χ1) is 12.7. The summed E-state index contributed by atoms with van der Waals surface area (Å²) in [4.78, 5) is 16.6. The fourth-order valence-corrected chi connectivity index (χ4v) is 3.65. The Labute approximate surface area is 153 Å². The molecule has 0 spiro atoms. The smallest absolute Gasteiger partial charge is 0.226 e. The highest BCUT2D eigenvalue weighted by Crippen LogP contribution is 2.29. The Balaban J connectivity index is 1.35. The molecule has 1 amide bonds. The molecule has 0 aliphatic heterocycles. The standard InChI is InChI=1S/C18H17N5O2S/c1-25-12-8-9-13-14(11-12)26-18(19-13)20-17(24)7-4-6-16-22-21-15-5-2-3-10-23(15)16/h2-3,5,8-11H,4,6-7H2,1H3,(H,19,20,24). The van der Waals surface area contributed by atoms with Gasteiger partial charge in [0.15, 0.2) is 10.8 Å². The van der Waals surface area contributed by atoms with Crippen molar-refractivity contribution in [2.75, 3.05) is 12.4 Å². The van der Waals surface area contributed by atoms with Crippen LogP contribution in [0.25, 0.3) is 15.9 Å². The van der Waals surface area contributed by atoms with Crippen molar-refractivity contribution >= 4 is 38.2 Å². The number of rotatable bonds is 6. The Morgan fingerprint density at radius 1 is 1.27 bits per heavy atom. The quantitative estimate of drug-likeness (QED) is 0.565. The molecule has 3 heterocycles. The summed E-state index contributed by atoms with van der Waals surface area (Å²) in [6, 6.07) is 11.4. The maximum Gasteiger partial charge on any atom is 0.226 e. The molecule has 8 heteroatoms. The number of ether oxygens (including phenoxy) is 1. The minimum atomic E-state index is -0.0511. The number of benzene rings is 1. The summed E-state index contributed by atoms with van der Waals surface area (Å²) in [5.74, 6) is 1.59. The summed E-state index contributed by atoms with van der Waals surface area (Å²) < 4.78 is 8.13. The number of anilines is 1. The second-order valence-electron chi connectivity index (χ2n) is 5.80. The summed E-state index contributed by atoms with van der Waals surface area (Å²) in [6.45, 7) is 0. The monoisotopic (exact) mass is 367 g/mol. The van der Waals surface area contributed by atoms with Gasteiger partial charge in [0.05, 0.1) is 17.3 Å². The van der Waals surface area contributed by atoms with Crippen LogP contribution in [-0.4, -0.2) is 32.6 Å². The Kier molecular flexibility index (Phi) is 4.49. The van der Waals surface area contributed by atoms with Crippen molar-refractivity contribution in [2.45, 2.75) is 19.3 Å². The number of fused-ring (bicyclic) bond motifs is 2. The van der Waals surface area contributed by atoms with Crippen LogP contribution in [0.4, 0.5) is 5.13 Å². The number of hydrogen-bond donors (Lipinski definition) is 1. The summed E-state index contributed by atoms with van der Waals surface area (Å²) in [5, 5.41) is 11.8. The minimum Gasteiger partial charge on any atom is -0.497 e. The Morgan fingerprint density at radius 3 is 3.08 bits per heavy atom. The minimum absolute atomic E-state index is 0.0511. The van der Waals surface area contributed by atoms with Crippen molar-refractivity contribution < 1.29 is 9.53 Å². The Morgan fingerprint density at radius 2 is 2.19 bits per heavy atom. The molecule has 0 saturated carbocycles. The Hall–Kier alpha value is -3.00. The van der Waals surface area contributed by atoms with Gasteiger partial charge in [0.25, 0.3) is 0 Å². The number of amides is 1. The van der Waals surface area contributed by atoms with E-state index in [2.05, 4.69) is 20.5 Å². The summed E-state index contributed by atoms with van der Waals surface area (Å²) in [6.07, 6.45) is 3.72. The molecule has 1 N–H and O–H groups in total. The molecular weight excluding hydrogens is 350 g/mol. The lowest BCUT2D eigenvalue weighted by Gasteiger charge is -2.01. The third kappa shape index (κ3) is 3.36. The van der Waals surface area contributed by atoms with E-state index in [0.717, 1.165) is 27.4 Å². The number of nitrogens with one attached hydrogen (secondary N) is 1. The topological polar surface area (TPSA) is 81.4 Å². The molecule has 0 bridgehead atoms. The highest BCUT2D eigenvalue weighted by molar-refractivity contribution is 7.22. The number of aryl methyl sites for hydroxylation is 1. The zero-order valence-corrected chi connectivity index (χ0v) is 15.0. The molecule has 0 atom stereocenters. The molecule has 0 aliphatic carbocycles. The number of pyridine rings is 1. The van der Waals surface area contributed by atoms with E-state index in [9.17, 15) is 4.79 Å². The van der Waals surface area contributed by atoms with Gasteiger partial charge in [-0.05, 0) is 36.8 Å². The lowest BCUT2D eigenvalue weighted by atomic mass is 10.2. The van der Waals surface area contributed by atoms with Gasteiger partial charge in [0, 0.05) is 19.0 Å². The maximum atomic E-state index is 12.2. The molecule has 3 aromatic heterocycles. The number of hydrogen-bond acceptors (Lipinski definition) is 6. The molecule has 0 aliphatic rings. The van der Waals surface area contributed by atoms with Crippen LogP contribution < -0.4 is 10.1 Å². The van der Waals surface area contributed by atoms with Crippen LogP contribution in [-0.2, 0) is 11.2 Å². The molecule has 26 heavy (non-hydrogen) atoms. The van der Waals surface area contributed by atoms with Gasteiger partial charge in [-0.15, -0.1) is 10.2 Å². The van der Waals surface area contributed by atoms with Crippen LogP contribution in [0.15, 0.2) is 42.6 Å². The molecular formula is C18H17N5O2S. The number of carbonyl (C=O) groups excluding carboxylic acids is 1. The third-order valence-corrected chi connectivity index (χ3v) is 4.96. The van der Waals surface area contributed by atoms with Crippen LogP contribution in [0.2, 0.25) is 0 Å². The molecule has 4 aromatic rings. The number of thiazole rings is 1. The van der Waals surface area contributed by atoms with Crippen LogP contribution in [0.5, 0.6) is 5.75 Å². The van der Waals surface area contributed by atoms with Gasteiger partial charge in [0.1, 0.15) is 11.6 Å². The molecule has 0 fully saturated rings. The van der Waals surface area contributed by atoms with Gasteiger partial charge < -0.3 is 10.1 Å². The van der Waals surface area contributed by atoms with Crippen molar-refractivity contribution in [3.05, 3.63) is 48.4 Å². The second-order valence-corrected chi connectivity index (χ2v) is 6.83. The van der Waals surface area contributed by atoms with E-state index in [-0.39, 0.29) is 5.91 Å². The highest BCUT2D eigenvalue weighted by Gasteiger charge is 2.10. The molecule has 0 unspecified atom stereocenters. The SMILES string of the molecule is COc1ccc2nc(NC(=O)CCCc3nnc4ccccn34)sc2c1. The van der Waals surface area contributed by atoms with Crippen molar-refractivity contribution in [3.8, 4) is 5.75 Å². The number of nitrogens with zero attached hydrogens (tertiary/aromatic N) is 4. The van der Waals surface area contributed by atoms with Gasteiger partial charge in [-0.25, -0.2) is 4.98 Å². The molecule has 132 valence electrons. The maximum absolute atomic E-state index is 12.2. The first kappa shape index (κ1) is 16.5. The summed E-state index contributed by atoms with van der Waals surface area (Å²) in [7, 11) is 1.63. The van der Waals surface area contributed by atoms with E-state index in [4.69, 9.17) is 4.74 Å². The van der Waals surface area contributed by atoms with E-state index in [1.165, 1.54) is 11.3 Å². The number of carbonyl (C=O) groups is 1. The normalized spacial score (nSPS) is 11.1. The van der Waals surface area contributed by atoms with Crippen LogP contribution in [0.1, 0.15) is 18.7 Å². The Bertz CT molecular complexity index is 1070. The van der Waals surface area contributed by atoms with Crippen molar-refractivity contribution in [1.29, 1.82) is 0 Å². The average Bonchev–Trinajstić information content (AvgIpc) is 3.24. The first-order valence-corrected chi connectivity index (χ1v) is 9.07. The molecule has 1 aromatic carbocycles. The van der Waals surface area contributed by atoms with Crippen LogP contribution in [0.3, 0.4) is 0 Å². The van der Waals surface area contributed by atoms with Gasteiger partial charge in [-0.3, -0.25) is 9.20 Å². The lowest BCUT2D eigenvalue weighted by Crippen LogP contribution is -2.11. The largest absolute Gasteiger partial charge is 0.497 e. The third-order valence-electron chi connectivity index (χ3n) is 4.03. The average molecular weight is 367 g/mol. The summed E-state index contributed by atoms with van der Waals surface area (Å²) in [5.41, 5.74) is 1.66.